The van der Waals surface area contributed by atoms with Gasteiger partial charge >= 0.3 is 0 Å². The first-order valence-corrected chi connectivity index (χ1v) is 6.46. The highest BCUT2D eigenvalue weighted by molar-refractivity contribution is 8.00. The Balaban J connectivity index is 1.86. The number of nitrogens with one attached hydrogen (secondary N) is 1. The largest absolute Gasteiger partial charge is 0.325 e. The summed E-state index contributed by atoms with van der Waals surface area (Å²) in [5.74, 6) is -0.196. The normalized spacial score (nSPS) is 10.1. The SMILES string of the molecule is O=C(CSc1ccccc1)Nc1cccc(F)c1. The average molecular weight is 261 g/mol. The van der Waals surface area contributed by atoms with Gasteiger partial charge in [0.15, 0.2) is 0 Å². The number of rotatable bonds is 4. The van der Waals surface area contributed by atoms with Crippen molar-refractivity contribution in [3.63, 3.8) is 0 Å². The summed E-state index contributed by atoms with van der Waals surface area (Å²) in [6, 6.07) is 15.5. The first kappa shape index (κ1) is 12.6. The molecule has 0 unspecified atom stereocenters. The van der Waals surface area contributed by atoms with Gasteiger partial charge in [0.1, 0.15) is 5.82 Å². The molecule has 0 saturated heterocycles. The van der Waals surface area contributed by atoms with E-state index in [2.05, 4.69) is 5.32 Å². The van der Waals surface area contributed by atoms with Crippen molar-refractivity contribution in [3.8, 4) is 0 Å². The molecule has 2 nitrogen and oxygen atoms in total. The minimum absolute atomic E-state index is 0.144. The third kappa shape index (κ3) is 3.89. The second kappa shape index (κ2) is 6.21. The fourth-order valence-corrected chi connectivity index (χ4v) is 2.15. The van der Waals surface area contributed by atoms with Crippen molar-refractivity contribution in [1.82, 2.24) is 0 Å². The number of benzene rings is 2. The van der Waals surface area contributed by atoms with Gasteiger partial charge in [-0.1, -0.05) is 24.3 Å². The Hall–Kier alpha value is -1.81. The zero-order valence-electron chi connectivity index (χ0n) is 9.60. The topological polar surface area (TPSA) is 29.1 Å². The van der Waals surface area contributed by atoms with E-state index in [1.165, 1.54) is 23.9 Å². The number of hydrogen-bond donors (Lipinski definition) is 1. The molecule has 18 heavy (non-hydrogen) atoms. The number of halogens is 1. The van der Waals surface area contributed by atoms with Crippen LogP contribution in [0.4, 0.5) is 10.1 Å². The summed E-state index contributed by atoms with van der Waals surface area (Å²) in [6.07, 6.45) is 0. The maximum Gasteiger partial charge on any atom is 0.234 e. The zero-order valence-corrected chi connectivity index (χ0v) is 10.4. The molecule has 0 saturated carbocycles. The van der Waals surface area contributed by atoms with Crippen LogP contribution < -0.4 is 5.32 Å². The number of thioether (sulfide) groups is 1. The molecule has 2 rings (SSSR count). The number of anilines is 1. The van der Waals surface area contributed by atoms with E-state index in [4.69, 9.17) is 0 Å². The lowest BCUT2D eigenvalue weighted by molar-refractivity contribution is -0.113. The molecule has 0 fully saturated rings. The molecule has 0 bridgehead atoms. The number of carbonyl (C=O) groups is 1. The Kier molecular flexibility index (Phi) is 4.36. The minimum atomic E-state index is -0.358. The Bertz CT molecular complexity index is 530. The molecule has 0 aliphatic heterocycles. The van der Waals surface area contributed by atoms with Gasteiger partial charge < -0.3 is 5.32 Å². The molecule has 0 atom stereocenters. The Morgan fingerprint density at radius 2 is 1.89 bits per heavy atom. The fraction of sp³-hybridized carbons (Fsp3) is 0.0714. The van der Waals surface area contributed by atoms with E-state index in [-0.39, 0.29) is 11.7 Å². The predicted octanol–water partition coefficient (Wildman–Crippen LogP) is 3.56. The van der Waals surface area contributed by atoms with Gasteiger partial charge in [-0.25, -0.2) is 4.39 Å². The van der Waals surface area contributed by atoms with Crippen molar-refractivity contribution in [2.45, 2.75) is 4.90 Å². The van der Waals surface area contributed by atoms with Crippen LogP contribution >= 0.6 is 11.8 Å². The van der Waals surface area contributed by atoms with Crippen LogP contribution in [0.5, 0.6) is 0 Å². The summed E-state index contributed by atoms with van der Waals surface area (Å²) in [5, 5.41) is 2.65. The molecule has 2 aromatic carbocycles. The Morgan fingerprint density at radius 3 is 2.61 bits per heavy atom. The van der Waals surface area contributed by atoms with E-state index in [1.54, 1.807) is 12.1 Å². The highest BCUT2D eigenvalue weighted by Gasteiger charge is 2.03. The summed E-state index contributed by atoms with van der Waals surface area (Å²) in [5.41, 5.74) is 0.480. The van der Waals surface area contributed by atoms with Crippen LogP contribution in [0, 0.1) is 5.82 Å². The molecule has 0 heterocycles. The minimum Gasteiger partial charge on any atom is -0.325 e. The molecular formula is C14H12FNOS. The van der Waals surface area contributed by atoms with Crippen LogP contribution in [0.15, 0.2) is 59.5 Å². The van der Waals surface area contributed by atoms with Gasteiger partial charge in [0.25, 0.3) is 0 Å². The van der Waals surface area contributed by atoms with Crippen molar-refractivity contribution in [2.24, 2.45) is 0 Å². The summed E-state index contributed by atoms with van der Waals surface area (Å²) >= 11 is 1.45. The van der Waals surface area contributed by atoms with Gasteiger partial charge in [0.05, 0.1) is 5.75 Å². The molecule has 0 aliphatic carbocycles. The van der Waals surface area contributed by atoms with E-state index >= 15 is 0 Å². The lowest BCUT2D eigenvalue weighted by Crippen LogP contribution is -2.13. The van der Waals surface area contributed by atoms with Gasteiger partial charge in [-0.05, 0) is 30.3 Å². The lowest BCUT2D eigenvalue weighted by atomic mass is 10.3. The van der Waals surface area contributed by atoms with E-state index in [9.17, 15) is 9.18 Å². The molecule has 1 N–H and O–H groups in total. The van der Waals surface area contributed by atoms with Crippen LogP contribution in [-0.2, 0) is 4.79 Å². The highest BCUT2D eigenvalue weighted by atomic mass is 32.2. The summed E-state index contributed by atoms with van der Waals surface area (Å²) in [7, 11) is 0. The van der Waals surface area contributed by atoms with Crippen molar-refractivity contribution in [3.05, 3.63) is 60.4 Å². The van der Waals surface area contributed by atoms with E-state index in [0.717, 1.165) is 4.90 Å². The van der Waals surface area contributed by atoms with Crippen molar-refractivity contribution in [1.29, 1.82) is 0 Å². The second-order valence-corrected chi connectivity index (χ2v) is 4.71. The van der Waals surface area contributed by atoms with Gasteiger partial charge in [0.2, 0.25) is 5.91 Å². The molecule has 92 valence electrons. The van der Waals surface area contributed by atoms with Crippen LogP contribution in [0.25, 0.3) is 0 Å². The van der Waals surface area contributed by atoms with Crippen LogP contribution in [0.3, 0.4) is 0 Å². The molecule has 0 aromatic heterocycles. The quantitative estimate of drug-likeness (QED) is 0.853. The summed E-state index contributed by atoms with van der Waals surface area (Å²) in [4.78, 5) is 12.7. The molecule has 0 spiro atoms. The summed E-state index contributed by atoms with van der Waals surface area (Å²) < 4.78 is 12.9. The fourth-order valence-electron chi connectivity index (χ4n) is 1.43. The number of amides is 1. The van der Waals surface area contributed by atoms with Crippen LogP contribution in [0.1, 0.15) is 0 Å². The van der Waals surface area contributed by atoms with Crippen molar-refractivity contribution >= 4 is 23.4 Å². The highest BCUT2D eigenvalue weighted by Crippen LogP contribution is 2.17. The maximum atomic E-state index is 12.9. The van der Waals surface area contributed by atoms with Gasteiger partial charge in [-0.3, -0.25) is 4.79 Å². The average Bonchev–Trinajstić information content (AvgIpc) is 2.38. The first-order chi connectivity index (χ1) is 8.74. The van der Waals surface area contributed by atoms with E-state index in [0.29, 0.717) is 11.4 Å². The third-order valence-corrected chi connectivity index (χ3v) is 3.23. The molecule has 1 amide bonds. The first-order valence-electron chi connectivity index (χ1n) is 5.47. The molecule has 0 aliphatic rings. The van der Waals surface area contributed by atoms with Crippen LogP contribution in [0.2, 0.25) is 0 Å². The molecule has 2 aromatic rings. The lowest BCUT2D eigenvalue weighted by Gasteiger charge is -2.05. The standard InChI is InChI=1S/C14H12FNOS/c15-11-5-4-6-12(9-11)16-14(17)10-18-13-7-2-1-3-8-13/h1-9H,10H2,(H,16,17). The summed E-state index contributed by atoms with van der Waals surface area (Å²) in [6.45, 7) is 0. The van der Waals surface area contributed by atoms with Crippen molar-refractivity contribution in [2.75, 3.05) is 11.1 Å². The van der Waals surface area contributed by atoms with E-state index in [1.807, 2.05) is 30.3 Å². The Labute approximate surface area is 109 Å². The van der Waals surface area contributed by atoms with Gasteiger partial charge in [-0.15, -0.1) is 11.8 Å². The zero-order chi connectivity index (χ0) is 12.8. The number of carbonyl (C=O) groups excluding carboxylic acids is 1. The second-order valence-electron chi connectivity index (χ2n) is 3.66. The Morgan fingerprint density at radius 1 is 1.11 bits per heavy atom. The number of hydrogen-bond acceptors (Lipinski definition) is 2. The predicted molar refractivity (Wildman–Crippen MR) is 72.2 cm³/mol. The van der Waals surface area contributed by atoms with Crippen molar-refractivity contribution < 1.29 is 9.18 Å². The van der Waals surface area contributed by atoms with Crippen LogP contribution in [-0.4, -0.2) is 11.7 Å². The third-order valence-electron chi connectivity index (χ3n) is 2.22. The molecular weight excluding hydrogens is 249 g/mol. The maximum absolute atomic E-state index is 12.9. The van der Waals surface area contributed by atoms with Gasteiger partial charge in [-0.2, -0.15) is 0 Å². The smallest absolute Gasteiger partial charge is 0.234 e. The molecule has 0 radical (unpaired) electrons. The monoisotopic (exact) mass is 261 g/mol. The van der Waals surface area contributed by atoms with E-state index < -0.39 is 0 Å². The molecule has 4 heteroatoms. The van der Waals surface area contributed by atoms with Gasteiger partial charge in [0, 0.05) is 10.6 Å².